The zero-order valence-corrected chi connectivity index (χ0v) is 19.9. The first kappa shape index (κ1) is 23.3. The van der Waals surface area contributed by atoms with Crippen LogP contribution in [0, 0.1) is 17.8 Å². The van der Waals surface area contributed by atoms with Gasteiger partial charge in [0.15, 0.2) is 11.5 Å². The molecule has 0 aliphatic carbocycles. The summed E-state index contributed by atoms with van der Waals surface area (Å²) in [6.45, 7) is 8.86. The maximum atomic E-state index is 12.6. The molecule has 178 valence electrons. The van der Waals surface area contributed by atoms with Crippen molar-refractivity contribution in [2.75, 3.05) is 53.7 Å². The first-order chi connectivity index (χ1) is 15.5. The third-order valence-corrected chi connectivity index (χ3v) is 7.20. The average molecular weight is 447 g/mol. The predicted molar refractivity (Wildman–Crippen MR) is 122 cm³/mol. The average Bonchev–Trinajstić information content (AvgIpc) is 2.81. The first-order valence-electron chi connectivity index (χ1n) is 12.0. The molecule has 2 saturated heterocycles. The number of ether oxygens (including phenoxy) is 4. The van der Waals surface area contributed by atoms with Crippen molar-refractivity contribution >= 4 is 5.97 Å². The normalized spacial score (nSPS) is 28.0. The summed E-state index contributed by atoms with van der Waals surface area (Å²) in [4.78, 5) is 15.2. The summed E-state index contributed by atoms with van der Waals surface area (Å²) < 4.78 is 22.4. The zero-order valence-electron chi connectivity index (χ0n) is 19.9. The summed E-state index contributed by atoms with van der Waals surface area (Å²) in [7, 11) is 3.38. The number of fused-ring (bicyclic) bond motifs is 3. The fraction of sp³-hybridized carbons (Fsp3) is 0.720. The Morgan fingerprint density at radius 1 is 1.22 bits per heavy atom. The predicted octanol–water partition coefficient (Wildman–Crippen LogP) is 2.82. The fourth-order valence-electron chi connectivity index (χ4n) is 5.59. The summed E-state index contributed by atoms with van der Waals surface area (Å²) in [6, 6.07) is 4.26. The van der Waals surface area contributed by atoms with Crippen LogP contribution in [0.4, 0.5) is 0 Å². The lowest BCUT2D eigenvalue weighted by Gasteiger charge is -2.47. The molecule has 3 heterocycles. The van der Waals surface area contributed by atoms with Crippen molar-refractivity contribution < 1.29 is 23.7 Å². The highest BCUT2D eigenvalue weighted by atomic mass is 16.5. The minimum absolute atomic E-state index is 0.189. The van der Waals surface area contributed by atoms with Gasteiger partial charge in [-0.15, -0.1) is 0 Å². The van der Waals surface area contributed by atoms with E-state index in [1.165, 1.54) is 11.1 Å². The van der Waals surface area contributed by atoms with E-state index >= 15 is 0 Å². The van der Waals surface area contributed by atoms with E-state index in [2.05, 4.69) is 36.2 Å². The van der Waals surface area contributed by atoms with Gasteiger partial charge >= 0.3 is 5.97 Å². The van der Waals surface area contributed by atoms with E-state index in [0.717, 1.165) is 43.9 Å². The molecule has 1 aromatic rings. The molecule has 7 heteroatoms. The molecule has 0 bridgehead atoms. The first-order valence-corrected chi connectivity index (χ1v) is 12.0. The molecule has 0 spiro atoms. The second kappa shape index (κ2) is 10.4. The third kappa shape index (κ3) is 5.05. The number of carbonyl (C=O) groups is 1. The Kier molecular flexibility index (Phi) is 7.59. The van der Waals surface area contributed by atoms with Crippen LogP contribution in [0.3, 0.4) is 0 Å². The number of rotatable bonds is 7. The van der Waals surface area contributed by atoms with Crippen LogP contribution in [0.1, 0.15) is 43.9 Å². The summed E-state index contributed by atoms with van der Waals surface area (Å²) in [5.41, 5.74) is 2.67. The van der Waals surface area contributed by atoms with E-state index in [-0.39, 0.29) is 12.0 Å². The number of morpholine rings is 1. The second-order valence-corrected chi connectivity index (χ2v) is 9.76. The van der Waals surface area contributed by atoms with Crippen LogP contribution in [0.25, 0.3) is 0 Å². The second-order valence-electron chi connectivity index (χ2n) is 9.76. The van der Waals surface area contributed by atoms with Crippen LogP contribution in [-0.4, -0.2) is 70.6 Å². The van der Waals surface area contributed by atoms with Crippen LogP contribution in [0.5, 0.6) is 11.5 Å². The van der Waals surface area contributed by atoms with Crippen LogP contribution in [0.2, 0.25) is 0 Å². The van der Waals surface area contributed by atoms with Gasteiger partial charge in [0, 0.05) is 25.7 Å². The van der Waals surface area contributed by atoms with Crippen molar-refractivity contribution in [3.63, 3.8) is 0 Å². The van der Waals surface area contributed by atoms with Gasteiger partial charge in [-0.1, -0.05) is 13.8 Å². The molecule has 32 heavy (non-hydrogen) atoms. The van der Waals surface area contributed by atoms with Gasteiger partial charge in [-0.3, -0.25) is 9.69 Å². The van der Waals surface area contributed by atoms with Crippen LogP contribution in [-0.2, 0) is 20.7 Å². The molecule has 7 nitrogen and oxygen atoms in total. The lowest BCUT2D eigenvalue weighted by Crippen LogP contribution is -2.49. The fourth-order valence-corrected chi connectivity index (χ4v) is 5.59. The highest BCUT2D eigenvalue weighted by molar-refractivity contribution is 5.76. The largest absolute Gasteiger partial charge is 0.493 e. The number of esters is 1. The minimum atomic E-state index is -0.348. The van der Waals surface area contributed by atoms with E-state index in [4.69, 9.17) is 18.9 Å². The van der Waals surface area contributed by atoms with Gasteiger partial charge < -0.3 is 24.3 Å². The number of hydrogen-bond donors (Lipinski definition) is 1. The van der Waals surface area contributed by atoms with Gasteiger partial charge in [0.25, 0.3) is 0 Å². The van der Waals surface area contributed by atoms with Crippen LogP contribution >= 0.6 is 0 Å². The van der Waals surface area contributed by atoms with Gasteiger partial charge in [-0.2, -0.15) is 0 Å². The molecule has 0 radical (unpaired) electrons. The molecule has 1 N–H and O–H groups in total. The SMILES string of the molecule is COc1cc2c(cc1OC)[C@H]1C[C@@H](COC(=O)[C@@H]3COCCN3)[C@H](CC(C)C)CN1CC2. The van der Waals surface area contributed by atoms with Gasteiger partial charge in [-0.05, 0) is 60.3 Å². The smallest absolute Gasteiger partial charge is 0.325 e. The zero-order chi connectivity index (χ0) is 22.7. The van der Waals surface area contributed by atoms with Crippen molar-refractivity contribution in [3.8, 4) is 11.5 Å². The molecule has 0 amide bonds. The third-order valence-electron chi connectivity index (χ3n) is 7.20. The van der Waals surface area contributed by atoms with Gasteiger partial charge in [0.2, 0.25) is 0 Å². The number of methoxy groups -OCH3 is 2. The molecule has 4 atom stereocenters. The highest BCUT2D eigenvalue weighted by Crippen LogP contribution is 2.45. The summed E-state index contributed by atoms with van der Waals surface area (Å²) in [5.74, 6) is 2.86. The molecule has 1 aromatic carbocycles. The van der Waals surface area contributed by atoms with E-state index in [1.807, 2.05) is 0 Å². The lowest BCUT2D eigenvalue weighted by molar-refractivity contribution is -0.152. The molecular formula is C25H38N2O5. The Morgan fingerprint density at radius 2 is 2.00 bits per heavy atom. The number of piperidine rings is 1. The summed E-state index contributed by atoms with van der Waals surface area (Å²) in [6.07, 6.45) is 3.16. The highest BCUT2D eigenvalue weighted by Gasteiger charge is 2.40. The number of benzene rings is 1. The van der Waals surface area contributed by atoms with E-state index in [0.29, 0.717) is 50.2 Å². The molecule has 0 saturated carbocycles. The standard InChI is InChI=1S/C25H38N2O5/c1-16(2)9-18-13-27-7-5-17-11-23(29-3)24(30-4)12-20(17)22(27)10-19(18)14-32-25(28)21-15-31-8-6-26-21/h11-12,16,18-19,21-22,26H,5-10,13-15H2,1-4H3/t18-,19+,21+,22-/m1/s1. The number of hydrogen-bond acceptors (Lipinski definition) is 7. The Hall–Kier alpha value is -1.83. The molecular weight excluding hydrogens is 408 g/mol. The van der Waals surface area contributed by atoms with Gasteiger partial charge in [0.1, 0.15) is 6.04 Å². The number of carbonyl (C=O) groups excluding carboxylic acids is 1. The van der Waals surface area contributed by atoms with Crippen molar-refractivity contribution in [1.29, 1.82) is 0 Å². The Balaban J connectivity index is 1.51. The summed E-state index contributed by atoms with van der Waals surface area (Å²) >= 11 is 0. The molecule has 4 rings (SSSR count). The van der Waals surface area contributed by atoms with E-state index in [1.54, 1.807) is 14.2 Å². The molecule has 3 aliphatic rings. The van der Waals surface area contributed by atoms with E-state index in [9.17, 15) is 4.79 Å². The molecule has 0 unspecified atom stereocenters. The molecule has 0 aromatic heterocycles. The monoisotopic (exact) mass is 446 g/mol. The number of nitrogens with one attached hydrogen (secondary N) is 1. The maximum absolute atomic E-state index is 12.6. The van der Waals surface area contributed by atoms with Crippen LogP contribution in [0.15, 0.2) is 12.1 Å². The van der Waals surface area contributed by atoms with Gasteiger partial charge in [0.05, 0.1) is 34.0 Å². The van der Waals surface area contributed by atoms with E-state index < -0.39 is 0 Å². The van der Waals surface area contributed by atoms with Crippen LogP contribution < -0.4 is 14.8 Å². The molecule has 3 aliphatic heterocycles. The Bertz CT molecular complexity index is 793. The van der Waals surface area contributed by atoms with Crippen molar-refractivity contribution in [3.05, 3.63) is 23.3 Å². The number of nitrogens with zero attached hydrogens (tertiary/aromatic N) is 1. The van der Waals surface area contributed by atoms with Gasteiger partial charge in [-0.25, -0.2) is 0 Å². The molecule has 2 fully saturated rings. The minimum Gasteiger partial charge on any atom is -0.493 e. The van der Waals surface area contributed by atoms with Crippen molar-refractivity contribution in [1.82, 2.24) is 10.2 Å². The van der Waals surface area contributed by atoms with Crippen molar-refractivity contribution in [2.45, 2.75) is 45.2 Å². The lowest BCUT2D eigenvalue weighted by atomic mass is 9.74. The Morgan fingerprint density at radius 3 is 2.69 bits per heavy atom. The maximum Gasteiger partial charge on any atom is 0.325 e. The quantitative estimate of drug-likeness (QED) is 0.646. The Labute approximate surface area is 191 Å². The van der Waals surface area contributed by atoms with Crippen molar-refractivity contribution in [2.24, 2.45) is 17.8 Å². The summed E-state index contributed by atoms with van der Waals surface area (Å²) in [5, 5.41) is 3.20. The topological polar surface area (TPSA) is 69.3 Å².